The Morgan fingerprint density at radius 1 is 1.11 bits per heavy atom. The van der Waals surface area contributed by atoms with Crippen LogP contribution in [-0.2, 0) is 6.54 Å². The van der Waals surface area contributed by atoms with Crippen LogP contribution in [0, 0.1) is 0 Å². The Balaban J connectivity index is 2.22. The molecular formula is C15H15ClN2O+2. The van der Waals surface area contributed by atoms with Gasteiger partial charge in [-0.1, -0.05) is 6.58 Å². The minimum Gasteiger partial charge on any atom is -0.218 e. The van der Waals surface area contributed by atoms with Crippen molar-refractivity contribution in [2.45, 2.75) is 6.54 Å². The van der Waals surface area contributed by atoms with Crippen LogP contribution in [0.15, 0.2) is 61.7 Å². The van der Waals surface area contributed by atoms with Crippen molar-refractivity contribution >= 4 is 17.5 Å². The van der Waals surface area contributed by atoms with E-state index < -0.39 is 0 Å². The maximum atomic E-state index is 11.4. The summed E-state index contributed by atoms with van der Waals surface area (Å²) in [6.07, 6.45) is 9.31. The minimum atomic E-state index is -0.134. The Morgan fingerprint density at radius 3 is 2.11 bits per heavy atom. The largest absolute Gasteiger partial charge is 0.406 e. The van der Waals surface area contributed by atoms with Crippen LogP contribution < -0.4 is 9.13 Å². The normalized spacial score (nSPS) is 10.2. The van der Waals surface area contributed by atoms with Crippen molar-refractivity contribution < 1.29 is 13.9 Å². The Hall–Kier alpha value is -2.00. The van der Waals surface area contributed by atoms with Gasteiger partial charge in [-0.3, -0.25) is 0 Å². The van der Waals surface area contributed by atoms with Crippen molar-refractivity contribution in [3.63, 3.8) is 0 Å². The van der Waals surface area contributed by atoms with E-state index in [2.05, 4.69) is 6.58 Å². The molecule has 0 N–H and O–H groups in total. The molecular weight excluding hydrogens is 260 g/mol. The molecule has 0 amide bonds. The zero-order valence-corrected chi connectivity index (χ0v) is 11.3. The summed E-state index contributed by atoms with van der Waals surface area (Å²) in [5.41, 5.74) is 2.16. The zero-order valence-electron chi connectivity index (χ0n) is 10.5. The van der Waals surface area contributed by atoms with E-state index in [1.165, 1.54) is 4.57 Å². The standard InChI is InChI=1S/C15H15ClN2O/c1-2-7-17-8-3-13(4-9-17)14-5-10-18(11-6-14)15(19)12-16/h2-6,8-11H,1,7,12H2/q+2. The Labute approximate surface area is 117 Å². The van der Waals surface area contributed by atoms with E-state index >= 15 is 0 Å². The van der Waals surface area contributed by atoms with E-state index in [-0.39, 0.29) is 11.8 Å². The Kier molecular flexibility index (Phi) is 4.42. The summed E-state index contributed by atoms with van der Waals surface area (Å²) in [5.74, 6) is -0.151. The van der Waals surface area contributed by atoms with Crippen LogP contribution in [0.5, 0.6) is 0 Å². The molecule has 0 radical (unpaired) electrons. The van der Waals surface area contributed by atoms with Crippen molar-refractivity contribution in [1.82, 2.24) is 0 Å². The number of carbonyl (C=O) groups is 1. The van der Waals surface area contributed by atoms with Gasteiger partial charge in [-0.2, -0.15) is 0 Å². The van der Waals surface area contributed by atoms with Crippen molar-refractivity contribution in [3.8, 4) is 11.1 Å². The van der Waals surface area contributed by atoms with E-state index in [0.717, 1.165) is 17.7 Å². The highest BCUT2D eigenvalue weighted by Crippen LogP contribution is 2.15. The molecule has 0 fully saturated rings. The van der Waals surface area contributed by atoms with Gasteiger partial charge in [0.15, 0.2) is 31.3 Å². The van der Waals surface area contributed by atoms with E-state index in [9.17, 15) is 4.79 Å². The van der Waals surface area contributed by atoms with E-state index in [1.807, 2.05) is 47.3 Å². The predicted octanol–water partition coefficient (Wildman–Crippen LogP) is 1.99. The molecule has 2 aromatic rings. The molecule has 0 aromatic carbocycles. The number of halogens is 1. The van der Waals surface area contributed by atoms with Gasteiger partial charge in [0.1, 0.15) is 5.88 Å². The van der Waals surface area contributed by atoms with Gasteiger partial charge in [0.2, 0.25) is 0 Å². The summed E-state index contributed by atoms with van der Waals surface area (Å²) < 4.78 is 3.52. The van der Waals surface area contributed by atoms with Gasteiger partial charge >= 0.3 is 5.91 Å². The molecule has 0 saturated heterocycles. The molecule has 0 bridgehead atoms. The van der Waals surface area contributed by atoms with Crippen LogP contribution in [0.4, 0.5) is 0 Å². The second kappa shape index (κ2) is 6.25. The Bertz CT molecular complexity index is 576. The van der Waals surface area contributed by atoms with Crippen LogP contribution in [0.3, 0.4) is 0 Å². The predicted molar refractivity (Wildman–Crippen MR) is 73.8 cm³/mol. The summed E-state index contributed by atoms with van der Waals surface area (Å²) in [7, 11) is 0. The first-order valence-electron chi connectivity index (χ1n) is 5.95. The lowest BCUT2D eigenvalue weighted by atomic mass is 10.1. The van der Waals surface area contributed by atoms with E-state index in [4.69, 9.17) is 11.6 Å². The third kappa shape index (κ3) is 3.26. The molecule has 0 atom stereocenters. The third-order valence-electron chi connectivity index (χ3n) is 2.80. The summed E-state index contributed by atoms with van der Waals surface area (Å²) >= 11 is 5.51. The fourth-order valence-corrected chi connectivity index (χ4v) is 1.91. The van der Waals surface area contributed by atoms with Gasteiger partial charge in [-0.05, 0) is 17.2 Å². The van der Waals surface area contributed by atoms with Gasteiger partial charge in [0, 0.05) is 24.3 Å². The first kappa shape index (κ1) is 13.4. The highest BCUT2D eigenvalue weighted by Gasteiger charge is 2.12. The van der Waals surface area contributed by atoms with Crippen LogP contribution in [0.25, 0.3) is 11.1 Å². The van der Waals surface area contributed by atoms with Crippen molar-refractivity contribution in [1.29, 1.82) is 0 Å². The molecule has 0 saturated carbocycles. The van der Waals surface area contributed by atoms with Crippen molar-refractivity contribution in [2.24, 2.45) is 0 Å². The maximum absolute atomic E-state index is 11.4. The second-order valence-corrected chi connectivity index (χ2v) is 4.36. The highest BCUT2D eigenvalue weighted by molar-refractivity contribution is 6.26. The second-order valence-electron chi connectivity index (χ2n) is 4.09. The summed E-state index contributed by atoms with van der Waals surface area (Å²) in [4.78, 5) is 11.4. The number of allylic oxidation sites excluding steroid dienone is 1. The number of rotatable bonds is 4. The molecule has 4 heteroatoms. The minimum absolute atomic E-state index is 0.0170. The molecule has 96 valence electrons. The first-order chi connectivity index (χ1) is 9.24. The quantitative estimate of drug-likeness (QED) is 0.475. The molecule has 19 heavy (non-hydrogen) atoms. The van der Waals surface area contributed by atoms with Crippen molar-refractivity contribution in [3.05, 3.63) is 61.7 Å². The van der Waals surface area contributed by atoms with Gasteiger partial charge < -0.3 is 0 Å². The number of pyridine rings is 2. The molecule has 0 aliphatic heterocycles. The van der Waals surface area contributed by atoms with Crippen LogP contribution in [0.2, 0.25) is 0 Å². The average molecular weight is 275 g/mol. The lowest BCUT2D eigenvalue weighted by molar-refractivity contribution is -0.686. The first-order valence-corrected chi connectivity index (χ1v) is 6.49. The van der Waals surface area contributed by atoms with Crippen LogP contribution in [0.1, 0.15) is 4.79 Å². The molecule has 0 aliphatic rings. The number of aromatic nitrogens is 2. The molecule has 0 unspecified atom stereocenters. The molecule has 0 aliphatic carbocycles. The van der Waals surface area contributed by atoms with Crippen LogP contribution in [-0.4, -0.2) is 11.8 Å². The molecule has 0 spiro atoms. The fraction of sp³-hybridized carbons (Fsp3) is 0.133. The van der Waals surface area contributed by atoms with Gasteiger partial charge in [-0.15, -0.1) is 16.2 Å². The SMILES string of the molecule is C=CC[n+]1ccc(-c2cc[n+](C(=O)CCl)cc2)cc1. The summed E-state index contributed by atoms with van der Waals surface area (Å²) in [5, 5.41) is 0. The Morgan fingerprint density at radius 2 is 1.63 bits per heavy atom. The topological polar surface area (TPSA) is 24.8 Å². The number of hydrogen-bond donors (Lipinski definition) is 0. The highest BCUT2D eigenvalue weighted by atomic mass is 35.5. The lowest BCUT2D eigenvalue weighted by Crippen LogP contribution is -2.42. The summed E-state index contributed by atoms with van der Waals surface area (Å²) in [6.45, 7) is 4.50. The molecule has 2 aromatic heterocycles. The van der Waals surface area contributed by atoms with Crippen LogP contribution >= 0.6 is 11.6 Å². The smallest absolute Gasteiger partial charge is 0.218 e. The molecule has 2 rings (SSSR count). The monoisotopic (exact) mass is 274 g/mol. The molecule has 2 heterocycles. The molecule has 3 nitrogen and oxygen atoms in total. The number of nitrogens with zero attached hydrogens (tertiary/aromatic N) is 2. The number of hydrogen-bond acceptors (Lipinski definition) is 1. The van der Waals surface area contributed by atoms with Gasteiger partial charge in [0.25, 0.3) is 0 Å². The van der Waals surface area contributed by atoms with E-state index in [1.54, 1.807) is 12.4 Å². The van der Waals surface area contributed by atoms with Gasteiger partial charge in [-0.25, -0.2) is 9.36 Å². The number of alkyl halides is 1. The third-order valence-corrected chi connectivity index (χ3v) is 3.02. The van der Waals surface area contributed by atoms with Crippen molar-refractivity contribution in [2.75, 3.05) is 5.88 Å². The fourth-order valence-electron chi connectivity index (χ4n) is 1.77. The lowest BCUT2D eigenvalue weighted by Gasteiger charge is -1.99. The average Bonchev–Trinajstić information content (AvgIpc) is 2.48. The van der Waals surface area contributed by atoms with E-state index in [0.29, 0.717) is 0 Å². The zero-order chi connectivity index (χ0) is 13.7. The van der Waals surface area contributed by atoms with Gasteiger partial charge in [0.05, 0.1) is 0 Å². The summed E-state index contributed by atoms with van der Waals surface area (Å²) in [6, 6.07) is 7.87. The number of carbonyl (C=O) groups excluding carboxylic acids is 1. The maximum Gasteiger partial charge on any atom is 0.406 e.